The van der Waals surface area contributed by atoms with E-state index in [1.807, 2.05) is 0 Å². The Hall–Kier alpha value is -0.680. The van der Waals surface area contributed by atoms with Crippen LogP contribution in [0.5, 0.6) is 0 Å². The Kier molecular flexibility index (Phi) is 5.99. The number of hydrogen-bond acceptors (Lipinski definition) is 2. The van der Waals surface area contributed by atoms with E-state index in [1.54, 1.807) is 12.1 Å². The highest BCUT2D eigenvalue weighted by Gasteiger charge is 2.23. The van der Waals surface area contributed by atoms with Crippen molar-refractivity contribution in [1.82, 2.24) is 0 Å². The Morgan fingerprint density at radius 1 is 1.43 bits per heavy atom. The third kappa shape index (κ3) is 3.95. The van der Waals surface area contributed by atoms with Crippen LogP contribution >= 0.6 is 28.1 Å². The number of benzene rings is 1. The van der Waals surface area contributed by atoms with Gasteiger partial charge < -0.3 is 11.1 Å². The minimum absolute atomic E-state index is 0.201. The first-order valence-electron chi connectivity index (χ1n) is 7.59. The molecule has 0 aliphatic heterocycles. The standard InChI is InChI=1S/C16H22BrFN2S/c1-2-12(10-6-4-3-5-7-10)20-13-9-8-11(16(19)21)14(17)15(13)18/h8-10,12,20H,2-7H2,1H3,(H2,19,21). The molecule has 21 heavy (non-hydrogen) atoms. The first-order valence-corrected chi connectivity index (χ1v) is 8.79. The van der Waals surface area contributed by atoms with Gasteiger partial charge in [0.2, 0.25) is 0 Å². The Balaban J connectivity index is 2.17. The van der Waals surface area contributed by atoms with Crippen LogP contribution in [-0.4, -0.2) is 11.0 Å². The maximum atomic E-state index is 14.5. The molecule has 1 aromatic carbocycles. The second kappa shape index (κ2) is 7.54. The average Bonchev–Trinajstić information content (AvgIpc) is 2.49. The lowest BCUT2D eigenvalue weighted by molar-refractivity contribution is 0.312. The van der Waals surface area contributed by atoms with Gasteiger partial charge >= 0.3 is 0 Å². The summed E-state index contributed by atoms with van der Waals surface area (Å²) in [6.45, 7) is 2.16. The van der Waals surface area contributed by atoms with Crippen molar-refractivity contribution in [2.24, 2.45) is 11.7 Å². The van der Waals surface area contributed by atoms with Crippen molar-refractivity contribution in [3.63, 3.8) is 0 Å². The largest absolute Gasteiger partial charge is 0.389 e. The molecular formula is C16H22BrFN2S. The number of anilines is 1. The lowest BCUT2D eigenvalue weighted by Gasteiger charge is -2.31. The molecular weight excluding hydrogens is 351 g/mol. The molecule has 1 atom stereocenters. The summed E-state index contributed by atoms with van der Waals surface area (Å²) < 4.78 is 14.8. The molecule has 3 N–H and O–H groups in total. The van der Waals surface area contributed by atoms with Gasteiger partial charge in [-0.25, -0.2) is 4.39 Å². The van der Waals surface area contributed by atoms with E-state index in [0.717, 1.165) is 6.42 Å². The molecule has 0 radical (unpaired) electrons. The van der Waals surface area contributed by atoms with Crippen molar-refractivity contribution < 1.29 is 4.39 Å². The lowest BCUT2D eigenvalue weighted by Crippen LogP contribution is -2.30. The third-order valence-corrected chi connectivity index (χ3v) is 5.34. The Labute approximate surface area is 139 Å². The summed E-state index contributed by atoms with van der Waals surface area (Å²) in [6, 6.07) is 3.83. The van der Waals surface area contributed by atoms with Gasteiger partial charge in [-0.1, -0.05) is 38.4 Å². The van der Waals surface area contributed by atoms with Gasteiger partial charge in [-0.05, 0) is 53.2 Å². The number of nitrogens with one attached hydrogen (secondary N) is 1. The summed E-state index contributed by atoms with van der Waals surface area (Å²) in [7, 11) is 0. The van der Waals surface area contributed by atoms with E-state index in [-0.39, 0.29) is 10.8 Å². The topological polar surface area (TPSA) is 38.0 Å². The molecule has 2 rings (SSSR count). The van der Waals surface area contributed by atoms with E-state index in [1.165, 1.54) is 32.1 Å². The maximum Gasteiger partial charge on any atom is 0.161 e. The summed E-state index contributed by atoms with van der Waals surface area (Å²) in [5.74, 6) is 0.326. The number of thiocarbonyl (C=S) groups is 1. The van der Waals surface area contributed by atoms with E-state index in [0.29, 0.717) is 27.7 Å². The highest BCUT2D eigenvalue weighted by atomic mass is 79.9. The van der Waals surface area contributed by atoms with Gasteiger partial charge in [0.1, 0.15) is 4.99 Å². The summed E-state index contributed by atoms with van der Waals surface area (Å²) in [5, 5.41) is 3.38. The zero-order chi connectivity index (χ0) is 15.4. The fourth-order valence-electron chi connectivity index (χ4n) is 3.14. The van der Waals surface area contributed by atoms with Crippen molar-refractivity contribution in [2.75, 3.05) is 5.32 Å². The van der Waals surface area contributed by atoms with Crippen LogP contribution in [0.15, 0.2) is 16.6 Å². The number of rotatable bonds is 5. The van der Waals surface area contributed by atoms with Crippen LogP contribution in [0.3, 0.4) is 0 Å². The van der Waals surface area contributed by atoms with Crippen molar-refractivity contribution in [3.8, 4) is 0 Å². The molecule has 0 amide bonds. The highest BCUT2D eigenvalue weighted by molar-refractivity contribution is 9.10. The van der Waals surface area contributed by atoms with Crippen molar-refractivity contribution in [1.29, 1.82) is 0 Å². The fraction of sp³-hybridized carbons (Fsp3) is 0.562. The van der Waals surface area contributed by atoms with E-state index in [2.05, 4.69) is 28.2 Å². The first kappa shape index (κ1) is 16.7. The summed E-state index contributed by atoms with van der Waals surface area (Å²) in [5.41, 5.74) is 6.66. The minimum atomic E-state index is -0.311. The molecule has 0 spiro atoms. The van der Waals surface area contributed by atoms with Crippen LogP contribution in [0.25, 0.3) is 0 Å². The van der Waals surface area contributed by atoms with Gasteiger partial charge in [0, 0.05) is 11.6 Å². The van der Waals surface area contributed by atoms with Crippen LogP contribution in [0.1, 0.15) is 51.0 Å². The predicted molar refractivity (Wildman–Crippen MR) is 94.3 cm³/mol. The molecule has 0 aromatic heterocycles. The van der Waals surface area contributed by atoms with E-state index >= 15 is 0 Å². The van der Waals surface area contributed by atoms with Crippen molar-refractivity contribution >= 4 is 38.8 Å². The molecule has 116 valence electrons. The smallest absolute Gasteiger partial charge is 0.161 e. The fourth-order valence-corrected chi connectivity index (χ4v) is 4.00. The average molecular weight is 373 g/mol. The molecule has 1 aliphatic carbocycles. The van der Waals surface area contributed by atoms with Gasteiger partial charge in [-0.2, -0.15) is 0 Å². The SMILES string of the molecule is CCC(Nc1ccc(C(N)=S)c(Br)c1F)C1CCCCC1. The molecule has 5 heteroatoms. The summed E-state index contributed by atoms with van der Waals surface area (Å²) >= 11 is 8.18. The highest BCUT2D eigenvalue weighted by Crippen LogP contribution is 2.32. The Bertz CT molecular complexity index is 515. The van der Waals surface area contributed by atoms with Gasteiger partial charge in [0.05, 0.1) is 10.2 Å². The van der Waals surface area contributed by atoms with Crippen LogP contribution in [0.4, 0.5) is 10.1 Å². The third-order valence-electron chi connectivity index (χ3n) is 4.35. The lowest BCUT2D eigenvalue weighted by atomic mass is 9.83. The summed E-state index contributed by atoms with van der Waals surface area (Å²) in [6.07, 6.45) is 7.37. The number of nitrogens with two attached hydrogens (primary N) is 1. The predicted octanol–water partition coefficient (Wildman–Crippen LogP) is 4.99. The van der Waals surface area contributed by atoms with Gasteiger partial charge in [0.25, 0.3) is 0 Å². The van der Waals surface area contributed by atoms with E-state index in [9.17, 15) is 4.39 Å². The van der Waals surface area contributed by atoms with Crippen LogP contribution < -0.4 is 11.1 Å². The van der Waals surface area contributed by atoms with E-state index < -0.39 is 0 Å². The minimum Gasteiger partial charge on any atom is -0.389 e. The molecule has 1 saturated carbocycles. The second-order valence-corrected chi connectivity index (χ2v) is 6.94. The molecule has 2 nitrogen and oxygen atoms in total. The Morgan fingerprint density at radius 2 is 2.10 bits per heavy atom. The zero-order valence-electron chi connectivity index (χ0n) is 12.3. The molecule has 1 aliphatic rings. The molecule has 0 bridgehead atoms. The van der Waals surface area contributed by atoms with Gasteiger partial charge in [-0.15, -0.1) is 0 Å². The van der Waals surface area contributed by atoms with Gasteiger partial charge in [-0.3, -0.25) is 0 Å². The normalized spacial score (nSPS) is 17.5. The van der Waals surface area contributed by atoms with Crippen LogP contribution in [0, 0.1) is 11.7 Å². The van der Waals surface area contributed by atoms with Crippen molar-refractivity contribution in [2.45, 2.75) is 51.5 Å². The molecule has 1 fully saturated rings. The van der Waals surface area contributed by atoms with Crippen LogP contribution in [0.2, 0.25) is 0 Å². The first-order chi connectivity index (χ1) is 10.0. The Morgan fingerprint density at radius 3 is 2.67 bits per heavy atom. The van der Waals surface area contributed by atoms with E-state index in [4.69, 9.17) is 18.0 Å². The summed E-state index contributed by atoms with van der Waals surface area (Å²) in [4.78, 5) is 0.201. The quantitative estimate of drug-likeness (QED) is 0.714. The molecule has 0 heterocycles. The van der Waals surface area contributed by atoms with Gasteiger partial charge in [0.15, 0.2) is 5.82 Å². The zero-order valence-corrected chi connectivity index (χ0v) is 14.7. The number of halogens is 2. The van der Waals surface area contributed by atoms with Crippen LogP contribution in [-0.2, 0) is 0 Å². The molecule has 0 saturated heterocycles. The maximum absolute atomic E-state index is 14.5. The molecule has 1 aromatic rings. The second-order valence-electron chi connectivity index (χ2n) is 5.71. The monoisotopic (exact) mass is 372 g/mol. The number of hydrogen-bond donors (Lipinski definition) is 2. The van der Waals surface area contributed by atoms with Crippen molar-refractivity contribution in [3.05, 3.63) is 28.0 Å². The molecule has 1 unspecified atom stereocenters.